The molecule has 0 aliphatic heterocycles. The van der Waals surface area contributed by atoms with Gasteiger partial charge in [0, 0.05) is 10.9 Å². The topological polar surface area (TPSA) is 72.7 Å². The first-order chi connectivity index (χ1) is 15.4. The number of anilines is 1. The van der Waals surface area contributed by atoms with Crippen LogP contribution < -0.4 is 5.32 Å². The van der Waals surface area contributed by atoms with Crippen molar-refractivity contribution in [1.29, 1.82) is 0 Å². The van der Waals surface area contributed by atoms with Crippen LogP contribution in [0.3, 0.4) is 0 Å². The Morgan fingerprint density at radius 3 is 2.56 bits per heavy atom. The molecule has 2 heterocycles. The van der Waals surface area contributed by atoms with Crippen LogP contribution in [0.15, 0.2) is 53.0 Å². The van der Waals surface area contributed by atoms with E-state index in [1.54, 1.807) is 0 Å². The summed E-state index contributed by atoms with van der Waals surface area (Å²) in [7, 11) is 0. The van der Waals surface area contributed by atoms with Crippen molar-refractivity contribution in [2.45, 2.75) is 39.4 Å². The molecule has 164 valence electrons. The summed E-state index contributed by atoms with van der Waals surface area (Å²) in [5.74, 6) is 0.953. The Bertz CT molecular complexity index is 1250. The molecule has 0 saturated heterocycles. The number of carbonyl (C=O) groups is 1. The van der Waals surface area contributed by atoms with Gasteiger partial charge in [0.2, 0.25) is 5.91 Å². The predicted molar refractivity (Wildman–Crippen MR) is 131 cm³/mol. The van der Waals surface area contributed by atoms with Crippen LogP contribution in [0.2, 0.25) is 0 Å². The van der Waals surface area contributed by atoms with Crippen LogP contribution in [-0.2, 0) is 11.3 Å². The lowest BCUT2D eigenvalue weighted by molar-refractivity contribution is -0.113. The zero-order valence-electron chi connectivity index (χ0n) is 18.5. The number of aromatic nitrogens is 4. The lowest BCUT2D eigenvalue weighted by Crippen LogP contribution is -2.14. The van der Waals surface area contributed by atoms with Crippen molar-refractivity contribution in [1.82, 2.24) is 19.7 Å². The Hall–Kier alpha value is -2.97. The summed E-state index contributed by atoms with van der Waals surface area (Å²) in [6, 6.07) is 14.5. The molecule has 0 aliphatic carbocycles. The third-order valence-corrected chi connectivity index (χ3v) is 7.01. The van der Waals surface area contributed by atoms with Gasteiger partial charge >= 0.3 is 0 Å². The van der Waals surface area contributed by atoms with E-state index in [9.17, 15) is 4.79 Å². The second-order valence-corrected chi connectivity index (χ2v) is 9.53. The van der Waals surface area contributed by atoms with E-state index >= 15 is 0 Å². The van der Waals surface area contributed by atoms with Crippen molar-refractivity contribution in [3.63, 3.8) is 0 Å². The number of nitrogens with zero attached hydrogens (tertiary/aromatic N) is 4. The molecule has 6 nitrogen and oxygen atoms in total. The highest BCUT2D eigenvalue weighted by molar-refractivity contribution is 7.99. The molecular weight excluding hydrogens is 438 g/mol. The fraction of sp³-hybridized carbons (Fsp3) is 0.250. The second kappa shape index (κ2) is 9.67. The normalized spacial score (nSPS) is 11.0. The highest BCUT2D eigenvalue weighted by Crippen LogP contribution is 2.29. The molecule has 0 fully saturated rings. The average Bonchev–Trinajstić information content (AvgIpc) is 3.37. The molecule has 2 aromatic heterocycles. The van der Waals surface area contributed by atoms with Gasteiger partial charge in [-0.25, -0.2) is 4.98 Å². The standard InChI is InChI=1S/C24H25N5OS2/c1-15-10-17(3)20(11-16(15)2)21-13-31-23(25-21)26-22(30)14-32-24-28-27-18(4)29(24)12-19-8-6-5-7-9-19/h5-11,13H,12,14H2,1-4H3,(H,25,26,30). The largest absolute Gasteiger partial charge is 0.302 e. The Labute approximate surface area is 196 Å². The molecule has 0 unspecified atom stereocenters. The molecule has 0 saturated carbocycles. The minimum Gasteiger partial charge on any atom is -0.302 e. The van der Waals surface area contributed by atoms with Gasteiger partial charge in [-0.3, -0.25) is 4.79 Å². The van der Waals surface area contributed by atoms with Crippen molar-refractivity contribution in [3.05, 3.63) is 75.9 Å². The van der Waals surface area contributed by atoms with E-state index in [2.05, 4.69) is 65.5 Å². The molecule has 4 aromatic rings. The minimum absolute atomic E-state index is 0.111. The van der Waals surface area contributed by atoms with Crippen LogP contribution in [0.25, 0.3) is 11.3 Å². The molecule has 8 heteroatoms. The van der Waals surface area contributed by atoms with Crippen LogP contribution in [-0.4, -0.2) is 31.4 Å². The molecule has 4 rings (SSSR count). The summed E-state index contributed by atoms with van der Waals surface area (Å²) in [6.07, 6.45) is 0. The van der Waals surface area contributed by atoms with Crippen molar-refractivity contribution in [3.8, 4) is 11.3 Å². The summed E-state index contributed by atoms with van der Waals surface area (Å²) in [4.78, 5) is 17.2. The zero-order chi connectivity index (χ0) is 22.7. The van der Waals surface area contributed by atoms with E-state index in [1.807, 2.05) is 35.1 Å². The highest BCUT2D eigenvalue weighted by atomic mass is 32.2. The van der Waals surface area contributed by atoms with E-state index < -0.39 is 0 Å². The Kier molecular flexibility index (Phi) is 6.72. The number of amides is 1. The van der Waals surface area contributed by atoms with Crippen molar-refractivity contribution in [2.24, 2.45) is 0 Å². The fourth-order valence-electron chi connectivity index (χ4n) is 3.39. The Balaban J connectivity index is 1.39. The summed E-state index contributed by atoms with van der Waals surface area (Å²) in [5, 5.41) is 14.7. The maximum absolute atomic E-state index is 12.6. The summed E-state index contributed by atoms with van der Waals surface area (Å²) < 4.78 is 2.03. The number of carbonyl (C=O) groups excluding carboxylic acids is 1. The maximum atomic E-state index is 12.6. The van der Waals surface area contributed by atoms with E-state index in [1.165, 1.54) is 45.4 Å². The zero-order valence-corrected chi connectivity index (χ0v) is 20.2. The average molecular weight is 464 g/mol. The lowest BCUT2D eigenvalue weighted by atomic mass is 9.99. The number of hydrogen-bond donors (Lipinski definition) is 1. The molecule has 1 amide bonds. The van der Waals surface area contributed by atoms with Crippen LogP contribution in [0.5, 0.6) is 0 Å². The van der Waals surface area contributed by atoms with E-state index in [0.29, 0.717) is 11.7 Å². The molecule has 0 bridgehead atoms. The lowest BCUT2D eigenvalue weighted by Gasteiger charge is -2.08. The second-order valence-electron chi connectivity index (χ2n) is 7.73. The predicted octanol–water partition coefficient (Wildman–Crippen LogP) is 5.41. The van der Waals surface area contributed by atoms with Crippen molar-refractivity contribution in [2.75, 3.05) is 11.1 Å². The van der Waals surface area contributed by atoms with Gasteiger partial charge in [0.25, 0.3) is 0 Å². The summed E-state index contributed by atoms with van der Waals surface area (Å²) >= 11 is 2.81. The van der Waals surface area contributed by atoms with Gasteiger partial charge in [0.1, 0.15) is 5.82 Å². The number of aryl methyl sites for hydroxylation is 4. The number of hydrogen-bond acceptors (Lipinski definition) is 6. The van der Waals surface area contributed by atoms with E-state index in [-0.39, 0.29) is 11.7 Å². The van der Waals surface area contributed by atoms with Crippen LogP contribution in [0.1, 0.15) is 28.1 Å². The number of thiazole rings is 1. The van der Waals surface area contributed by atoms with Crippen LogP contribution in [0.4, 0.5) is 5.13 Å². The van der Waals surface area contributed by atoms with Gasteiger partial charge in [0.05, 0.1) is 18.0 Å². The Morgan fingerprint density at radius 1 is 1.03 bits per heavy atom. The first-order valence-corrected chi connectivity index (χ1v) is 12.2. The quantitative estimate of drug-likeness (QED) is 0.371. The van der Waals surface area contributed by atoms with Crippen LogP contribution >= 0.6 is 23.1 Å². The molecule has 0 atom stereocenters. The number of benzene rings is 2. The summed E-state index contributed by atoms with van der Waals surface area (Å²) in [5.41, 5.74) is 6.83. The molecule has 1 N–H and O–H groups in total. The fourth-order valence-corrected chi connectivity index (χ4v) is 4.90. The molecule has 32 heavy (non-hydrogen) atoms. The first-order valence-electron chi connectivity index (χ1n) is 10.3. The monoisotopic (exact) mass is 463 g/mol. The van der Waals surface area contributed by atoms with Gasteiger partial charge in [-0.1, -0.05) is 48.2 Å². The van der Waals surface area contributed by atoms with Crippen molar-refractivity contribution < 1.29 is 4.79 Å². The van der Waals surface area contributed by atoms with Gasteiger partial charge in [-0.15, -0.1) is 21.5 Å². The smallest absolute Gasteiger partial charge is 0.236 e. The minimum atomic E-state index is -0.111. The number of thioether (sulfide) groups is 1. The molecule has 2 aromatic carbocycles. The highest BCUT2D eigenvalue weighted by Gasteiger charge is 2.14. The van der Waals surface area contributed by atoms with Crippen LogP contribution in [0, 0.1) is 27.7 Å². The number of nitrogens with one attached hydrogen (secondary N) is 1. The molecule has 0 aliphatic rings. The maximum Gasteiger partial charge on any atom is 0.236 e. The van der Waals surface area contributed by atoms with Gasteiger partial charge in [-0.2, -0.15) is 0 Å². The number of rotatable bonds is 7. The van der Waals surface area contributed by atoms with E-state index in [4.69, 9.17) is 0 Å². The van der Waals surface area contributed by atoms with Gasteiger partial charge < -0.3 is 9.88 Å². The third-order valence-electron chi connectivity index (χ3n) is 5.28. The SMILES string of the molecule is Cc1cc(C)c(-c2csc(NC(=O)CSc3nnc(C)n3Cc3ccccc3)n2)cc1C. The third kappa shape index (κ3) is 5.08. The van der Waals surface area contributed by atoms with Gasteiger partial charge in [-0.05, 0) is 56.0 Å². The van der Waals surface area contributed by atoms with Crippen molar-refractivity contribution >= 4 is 34.1 Å². The summed E-state index contributed by atoms with van der Waals surface area (Å²) in [6.45, 7) is 8.89. The Morgan fingerprint density at radius 2 is 1.78 bits per heavy atom. The molecule has 0 spiro atoms. The molecule has 0 radical (unpaired) electrons. The molecular formula is C24H25N5OS2. The van der Waals surface area contributed by atoms with Gasteiger partial charge in [0.15, 0.2) is 10.3 Å². The van der Waals surface area contributed by atoms with E-state index in [0.717, 1.165) is 22.2 Å². The first kappa shape index (κ1) is 22.2.